The lowest BCUT2D eigenvalue weighted by atomic mass is 10.1. The van der Waals surface area contributed by atoms with Crippen LogP contribution in [0.5, 0.6) is 0 Å². The number of carbonyl (C=O) groups excluding carboxylic acids is 2. The van der Waals surface area contributed by atoms with Gasteiger partial charge in [0.2, 0.25) is 6.29 Å². The van der Waals surface area contributed by atoms with E-state index in [0.29, 0.717) is 6.42 Å². The number of allylic oxidation sites excluding steroid dienone is 2. The Bertz CT molecular complexity index is 360. The zero-order valence-electron chi connectivity index (χ0n) is 17.3. The van der Waals surface area contributed by atoms with Gasteiger partial charge in [-0.3, -0.25) is 9.59 Å². The van der Waals surface area contributed by atoms with Gasteiger partial charge >= 0.3 is 11.9 Å². The van der Waals surface area contributed by atoms with E-state index in [0.717, 1.165) is 19.3 Å². The average Bonchev–Trinajstić information content (AvgIpc) is 2.57. The molecule has 0 unspecified atom stereocenters. The molecule has 0 amide bonds. The van der Waals surface area contributed by atoms with Crippen LogP contribution in [0.15, 0.2) is 12.2 Å². The maximum atomic E-state index is 11.0. The van der Waals surface area contributed by atoms with Gasteiger partial charge in [-0.2, -0.15) is 0 Å². The number of esters is 2. The normalized spacial score (nSPS) is 11.2. The highest BCUT2D eigenvalue weighted by Gasteiger charge is 2.14. The molecule has 0 saturated carbocycles. The van der Waals surface area contributed by atoms with Crippen molar-refractivity contribution in [1.82, 2.24) is 0 Å². The molecule has 0 bridgehead atoms. The number of unbranched alkanes of at least 4 members (excludes halogenated alkanes) is 11. The smallest absolute Gasteiger partial charge is 0.305 e. The molecule has 0 aromatic heterocycles. The third-order valence-corrected chi connectivity index (χ3v) is 4.30. The molecule has 0 N–H and O–H groups in total. The molecular weight excluding hydrogens is 328 g/mol. The van der Waals surface area contributed by atoms with Crippen molar-refractivity contribution in [2.75, 3.05) is 0 Å². The Balaban J connectivity index is 3.44. The lowest BCUT2D eigenvalue weighted by Crippen LogP contribution is -2.22. The fourth-order valence-corrected chi connectivity index (χ4v) is 2.89. The van der Waals surface area contributed by atoms with Gasteiger partial charge in [-0.25, -0.2) is 0 Å². The van der Waals surface area contributed by atoms with Crippen molar-refractivity contribution in [1.29, 1.82) is 0 Å². The predicted molar refractivity (Wildman–Crippen MR) is 107 cm³/mol. The van der Waals surface area contributed by atoms with E-state index in [1.54, 1.807) is 0 Å². The van der Waals surface area contributed by atoms with E-state index in [1.807, 2.05) is 0 Å². The van der Waals surface area contributed by atoms with Gasteiger partial charge in [0.05, 0.1) is 0 Å². The highest BCUT2D eigenvalue weighted by molar-refractivity contribution is 5.68. The summed E-state index contributed by atoms with van der Waals surface area (Å²) in [5, 5.41) is 0. The second-order valence-corrected chi connectivity index (χ2v) is 7.02. The second-order valence-electron chi connectivity index (χ2n) is 7.02. The van der Waals surface area contributed by atoms with Crippen LogP contribution in [0.2, 0.25) is 0 Å². The summed E-state index contributed by atoms with van der Waals surface area (Å²) in [6.07, 6.45) is 20.6. The van der Waals surface area contributed by atoms with E-state index in [1.165, 1.54) is 78.1 Å². The summed E-state index contributed by atoms with van der Waals surface area (Å²) < 4.78 is 9.98. The lowest BCUT2D eigenvalue weighted by molar-refractivity contribution is -0.186. The summed E-state index contributed by atoms with van der Waals surface area (Å²) in [7, 11) is 0. The summed E-state index contributed by atoms with van der Waals surface area (Å²) in [6, 6.07) is 0. The number of rotatable bonds is 17. The fourth-order valence-electron chi connectivity index (χ4n) is 2.89. The molecule has 26 heavy (non-hydrogen) atoms. The van der Waals surface area contributed by atoms with Crippen molar-refractivity contribution >= 4 is 11.9 Å². The van der Waals surface area contributed by atoms with E-state index >= 15 is 0 Å². The van der Waals surface area contributed by atoms with Gasteiger partial charge in [-0.1, -0.05) is 70.4 Å². The Kier molecular flexibility index (Phi) is 17.5. The molecule has 4 heteroatoms. The van der Waals surface area contributed by atoms with Crippen LogP contribution >= 0.6 is 0 Å². The van der Waals surface area contributed by atoms with E-state index in [4.69, 9.17) is 9.47 Å². The van der Waals surface area contributed by atoms with Gasteiger partial charge in [0.1, 0.15) is 0 Å². The molecule has 0 aliphatic carbocycles. The predicted octanol–water partition coefficient (Wildman–Crippen LogP) is 6.48. The first-order chi connectivity index (χ1) is 12.6. The lowest BCUT2D eigenvalue weighted by Gasteiger charge is -2.16. The zero-order valence-corrected chi connectivity index (χ0v) is 17.3. The van der Waals surface area contributed by atoms with Crippen LogP contribution in [0.4, 0.5) is 0 Å². The zero-order chi connectivity index (χ0) is 19.5. The Labute approximate surface area is 160 Å². The first-order valence-electron chi connectivity index (χ1n) is 10.6. The minimum atomic E-state index is -0.727. The SMILES string of the molecule is CCCCCCCC/C=C/CCCCCCCC(OC(C)=O)OC(C)=O. The first kappa shape index (κ1) is 24.7. The monoisotopic (exact) mass is 368 g/mol. The van der Waals surface area contributed by atoms with Gasteiger partial charge < -0.3 is 9.47 Å². The molecule has 4 nitrogen and oxygen atoms in total. The molecule has 0 atom stereocenters. The summed E-state index contributed by atoms with van der Waals surface area (Å²) in [5.41, 5.74) is 0. The molecule has 0 aliphatic heterocycles. The Morgan fingerprint density at radius 1 is 0.692 bits per heavy atom. The highest BCUT2D eigenvalue weighted by atomic mass is 16.7. The van der Waals surface area contributed by atoms with E-state index < -0.39 is 18.2 Å². The summed E-state index contributed by atoms with van der Waals surface area (Å²) in [5.74, 6) is -0.826. The fraction of sp³-hybridized carbons (Fsp3) is 0.818. The molecule has 0 fully saturated rings. The maximum Gasteiger partial charge on any atom is 0.305 e. The molecule has 0 saturated heterocycles. The maximum absolute atomic E-state index is 11.0. The van der Waals surface area contributed by atoms with Crippen molar-refractivity contribution < 1.29 is 19.1 Å². The molecule has 0 aliphatic rings. The van der Waals surface area contributed by atoms with E-state index in [-0.39, 0.29) is 0 Å². The number of hydrogen-bond acceptors (Lipinski definition) is 4. The number of ether oxygens (including phenoxy) is 2. The van der Waals surface area contributed by atoms with E-state index in [2.05, 4.69) is 19.1 Å². The van der Waals surface area contributed by atoms with Gasteiger partial charge in [0.25, 0.3) is 0 Å². The summed E-state index contributed by atoms with van der Waals surface area (Å²) >= 11 is 0. The van der Waals surface area contributed by atoms with Crippen LogP contribution in [0.3, 0.4) is 0 Å². The number of hydrogen-bond donors (Lipinski definition) is 0. The Morgan fingerprint density at radius 2 is 1.12 bits per heavy atom. The Hall–Kier alpha value is -1.32. The van der Waals surface area contributed by atoms with Crippen molar-refractivity contribution in [2.24, 2.45) is 0 Å². The first-order valence-corrected chi connectivity index (χ1v) is 10.6. The third kappa shape index (κ3) is 19.0. The van der Waals surface area contributed by atoms with Crippen LogP contribution in [0, 0.1) is 0 Å². The largest absolute Gasteiger partial charge is 0.425 e. The molecule has 0 spiro atoms. The van der Waals surface area contributed by atoms with Crippen LogP contribution < -0.4 is 0 Å². The van der Waals surface area contributed by atoms with Crippen molar-refractivity contribution in [3.63, 3.8) is 0 Å². The molecule has 0 aromatic rings. The molecule has 152 valence electrons. The number of carbonyl (C=O) groups is 2. The van der Waals surface area contributed by atoms with Crippen LogP contribution in [-0.2, 0) is 19.1 Å². The highest BCUT2D eigenvalue weighted by Crippen LogP contribution is 2.12. The Morgan fingerprint density at radius 3 is 1.58 bits per heavy atom. The molecular formula is C22H40O4. The molecule has 0 rings (SSSR count). The second kappa shape index (κ2) is 18.5. The van der Waals surface area contributed by atoms with Crippen LogP contribution in [-0.4, -0.2) is 18.2 Å². The van der Waals surface area contributed by atoms with Gasteiger partial charge in [-0.05, 0) is 32.1 Å². The van der Waals surface area contributed by atoms with E-state index in [9.17, 15) is 9.59 Å². The molecule has 0 radical (unpaired) electrons. The van der Waals surface area contributed by atoms with Gasteiger partial charge in [0.15, 0.2) is 0 Å². The van der Waals surface area contributed by atoms with Crippen LogP contribution in [0.25, 0.3) is 0 Å². The minimum Gasteiger partial charge on any atom is -0.425 e. The summed E-state index contributed by atoms with van der Waals surface area (Å²) in [6.45, 7) is 4.92. The van der Waals surface area contributed by atoms with Crippen molar-refractivity contribution in [2.45, 2.75) is 117 Å². The van der Waals surface area contributed by atoms with Crippen LogP contribution in [0.1, 0.15) is 111 Å². The van der Waals surface area contributed by atoms with Crippen molar-refractivity contribution in [3.05, 3.63) is 12.2 Å². The van der Waals surface area contributed by atoms with Gasteiger partial charge in [-0.15, -0.1) is 0 Å². The molecule has 0 aromatic carbocycles. The minimum absolute atomic E-state index is 0.413. The quantitative estimate of drug-likeness (QED) is 0.128. The van der Waals surface area contributed by atoms with Crippen molar-refractivity contribution in [3.8, 4) is 0 Å². The summed E-state index contributed by atoms with van der Waals surface area (Å²) in [4.78, 5) is 22.0. The molecule has 0 heterocycles. The standard InChI is InChI=1S/C22H40O4/c1-4-5-6-7-8-9-10-11-12-13-14-15-16-17-18-19-22(25-20(2)23)26-21(3)24/h11-12,22H,4-10,13-19H2,1-3H3/b12-11+. The topological polar surface area (TPSA) is 52.6 Å². The third-order valence-electron chi connectivity index (χ3n) is 4.30. The average molecular weight is 369 g/mol. The van der Waals surface area contributed by atoms with Gasteiger partial charge in [0, 0.05) is 20.3 Å².